The highest BCUT2D eigenvalue weighted by Crippen LogP contribution is 2.29. The van der Waals surface area contributed by atoms with E-state index in [-0.39, 0.29) is 12.1 Å². The molecule has 9 heteroatoms. The Morgan fingerprint density at radius 3 is 2.21 bits per heavy atom. The summed E-state index contributed by atoms with van der Waals surface area (Å²) in [7, 11) is 3.12. The molecule has 178 valence electrons. The molecule has 2 N–H and O–H groups in total. The van der Waals surface area contributed by atoms with Gasteiger partial charge in [-0.25, -0.2) is 4.79 Å². The van der Waals surface area contributed by atoms with E-state index in [0.717, 1.165) is 36.8 Å². The Morgan fingerprint density at radius 2 is 1.64 bits per heavy atom. The molecule has 2 aromatic rings. The minimum atomic E-state index is -4.89. The molecule has 1 aliphatic rings. The Bertz CT molecular complexity index is 969. The Hall–Kier alpha value is -3.07. The molecule has 33 heavy (non-hydrogen) atoms. The number of ether oxygens (including phenoxy) is 2. The van der Waals surface area contributed by atoms with Crippen LogP contribution in [0.15, 0.2) is 42.5 Å². The van der Waals surface area contributed by atoms with Gasteiger partial charge in [-0.05, 0) is 48.9 Å². The van der Waals surface area contributed by atoms with Crippen LogP contribution in [0.1, 0.15) is 41.6 Å². The Balaban J connectivity index is 1.64. The number of benzene rings is 2. The number of halogens is 3. The van der Waals surface area contributed by atoms with Gasteiger partial charge in [0.2, 0.25) is 0 Å². The van der Waals surface area contributed by atoms with E-state index in [0.29, 0.717) is 17.9 Å². The molecule has 0 spiro atoms. The highest BCUT2D eigenvalue weighted by atomic mass is 19.4. The monoisotopic (exact) mass is 464 g/mol. The topological polar surface area (TPSA) is 76.7 Å². The van der Waals surface area contributed by atoms with Crippen LogP contribution >= 0.6 is 0 Å². The van der Waals surface area contributed by atoms with Crippen LogP contribution in [0.25, 0.3) is 11.1 Å². The number of amides is 1. The molecule has 1 aliphatic carbocycles. The average Bonchev–Trinajstić information content (AvgIpc) is 2.82. The lowest BCUT2D eigenvalue weighted by Crippen LogP contribution is -2.36. The van der Waals surface area contributed by atoms with Crippen LogP contribution in [-0.4, -0.2) is 44.4 Å². The first-order valence-corrected chi connectivity index (χ1v) is 10.7. The lowest BCUT2D eigenvalue weighted by molar-refractivity contribution is -0.0885. The van der Waals surface area contributed by atoms with Gasteiger partial charge in [0.15, 0.2) is 0 Å². The molecule has 0 radical (unpaired) electrons. The first kappa shape index (κ1) is 24.6. The summed E-state index contributed by atoms with van der Waals surface area (Å²) in [6.45, 7) is 0.549. The molecule has 1 fully saturated rings. The summed E-state index contributed by atoms with van der Waals surface area (Å²) in [4.78, 5) is 22.8. The summed E-state index contributed by atoms with van der Waals surface area (Å²) < 4.78 is 48.7. The number of methoxy groups -OCH3 is 1. The van der Waals surface area contributed by atoms with Crippen molar-refractivity contribution in [1.29, 1.82) is 0 Å². The van der Waals surface area contributed by atoms with Crippen LogP contribution < -0.4 is 15.4 Å². The fourth-order valence-electron chi connectivity index (χ4n) is 3.92. The van der Waals surface area contributed by atoms with Crippen molar-refractivity contribution in [2.45, 2.75) is 50.6 Å². The summed E-state index contributed by atoms with van der Waals surface area (Å²) in [5.74, 6) is -1.16. The standard InChI is InChI=1S/C24H27F3N2O4/c1-28-23(31)33-20-10-8-19(9-11-20)29-14-18-13-17(7-12-21(18)32-2)15-3-5-16(6-4-15)22(30)24(25,26)27/h3-7,12-13,19-20,29H,8-11,14H2,1-2H3,(H,28,31). The molecular formula is C24H27F3N2O4. The Labute approximate surface area is 190 Å². The van der Waals surface area contributed by atoms with E-state index in [1.54, 1.807) is 7.11 Å². The molecule has 2 aromatic carbocycles. The summed E-state index contributed by atoms with van der Waals surface area (Å²) in [6.07, 6.45) is -2.07. The minimum absolute atomic E-state index is 0.0759. The molecule has 0 saturated heterocycles. The van der Waals surface area contributed by atoms with E-state index in [4.69, 9.17) is 9.47 Å². The van der Waals surface area contributed by atoms with Gasteiger partial charge in [-0.2, -0.15) is 13.2 Å². The van der Waals surface area contributed by atoms with Gasteiger partial charge in [-0.3, -0.25) is 4.79 Å². The smallest absolute Gasteiger partial charge is 0.454 e. The number of rotatable bonds is 7. The van der Waals surface area contributed by atoms with Gasteiger partial charge in [0.05, 0.1) is 7.11 Å². The number of alkyl halides is 3. The van der Waals surface area contributed by atoms with Gasteiger partial charge in [0.1, 0.15) is 11.9 Å². The average molecular weight is 464 g/mol. The largest absolute Gasteiger partial charge is 0.496 e. The predicted octanol–water partition coefficient (Wildman–Crippen LogP) is 4.86. The highest BCUT2D eigenvalue weighted by Gasteiger charge is 2.39. The van der Waals surface area contributed by atoms with E-state index >= 15 is 0 Å². The minimum Gasteiger partial charge on any atom is -0.496 e. The summed E-state index contributed by atoms with van der Waals surface area (Å²) in [5, 5.41) is 5.97. The molecule has 0 unspecified atom stereocenters. The first-order valence-electron chi connectivity index (χ1n) is 10.7. The van der Waals surface area contributed by atoms with Crippen LogP contribution in [0.5, 0.6) is 5.75 Å². The van der Waals surface area contributed by atoms with Crippen molar-refractivity contribution >= 4 is 11.9 Å². The number of hydrogen-bond acceptors (Lipinski definition) is 5. The lowest BCUT2D eigenvalue weighted by atomic mass is 9.92. The van der Waals surface area contributed by atoms with Crippen LogP contribution in [0, 0.1) is 0 Å². The lowest BCUT2D eigenvalue weighted by Gasteiger charge is -2.29. The van der Waals surface area contributed by atoms with Crippen molar-refractivity contribution in [2.24, 2.45) is 0 Å². The van der Waals surface area contributed by atoms with Crippen molar-refractivity contribution in [1.82, 2.24) is 10.6 Å². The highest BCUT2D eigenvalue weighted by molar-refractivity contribution is 6.00. The van der Waals surface area contributed by atoms with Crippen molar-refractivity contribution in [3.05, 3.63) is 53.6 Å². The SMILES string of the molecule is CNC(=O)OC1CCC(NCc2cc(-c3ccc(C(=O)C(F)(F)F)cc3)ccc2OC)CC1. The number of carbonyl (C=O) groups is 2. The fourth-order valence-corrected chi connectivity index (χ4v) is 3.92. The zero-order chi connectivity index (χ0) is 24.0. The Kier molecular flexibility index (Phi) is 7.97. The molecule has 0 aromatic heterocycles. The number of carbonyl (C=O) groups excluding carboxylic acids is 2. The second-order valence-corrected chi connectivity index (χ2v) is 7.94. The second-order valence-electron chi connectivity index (χ2n) is 7.94. The molecule has 0 atom stereocenters. The number of nitrogens with one attached hydrogen (secondary N) is 2. The predicted molar refractivity (Wildman–Crippen MR) is 117 cm³/mol. The van der Waals surface area contributed by atoms with E-state index in [1.165, 1.54) is 31.3 Å². The molecule has 0 heterocycles. The maximum Gasteiger partial charge on any atom is 0.454 e. The normalized spacial score (nSPS) is 18.5. The molecule has 1 saturated carbocycles. The van der Waals surface area contributed by atoms with Gasteiger partial charge < -0.3 is 20.1 Å². The van der Waals surface area contributed by atoms with Gasteiger partial charge >= 0.3 is 12.3 Å². The van der Waals surface area contributed by atoms with Crippen molar-refractivity contribution in [3.8, 4) is 16.9 Å². The third kappa shape index (κ3) is 6.47. The quantitative estimate of drug-likeness (QED) is 0.572. The maximum absolute atomic E-state index is 12.6. The number of ketones is 1. The van der Waals surface area contributed by atoms with Crippen LogP contribution in [0.2, 0.25) is 0 Å². The van der Waals surface area contributed by atoms with E-state index in [9.17, 15) is 22.8 Å². The summed E-state index contributed by atoms with van der Waals surface area (Å²) in [6, 6.07) is 11.2. The zero-order valence-electron chi connectivity index (χ0n) is 18.5. The van der Waals surface area contributed by atoms with Crippen molar-refractivity contribution in [2.75, 3.05) is 14.2 Å². The molecule has 0 aliphatic heterocycles. The fraction of sp³-hybridized carbons (Fsp3) is 0.417. The van der Waals surface area contributed by atoms with E-state index in [2.05, 4.69) is 10.6 Å². The van der Waals surface area contributed by atoms with Gasteiger partial charge in [0, 0.05) is 30.8 Å². The maximum atomic E-state index is 12.6. The van der Waals surface area contributed by atoms with Gasteiger partial charge in [-0.15, -0.1) is 0 Å². The molecule has 6 nitrogen and oxygen atoms in total. The first-order chi connectivity index (χ1) is 15.7. The van der Waals surface area contributed by atoms with Gasteiger partial charge in [0.25, 0.3) is 5.78 Å². The number of hydrogen-bond donors (Lipinski definition) is 2. The van der Waals surface area contributed by atoms with E-state index in [1.807, 2.05) is 18.2 Å². The number of Topliss-reactive ketones (excluding diaryl/α,β-unsaturated/α-hetero) is 1. The summed E-state index contributed by atoms with van der Waals surface area (Å²) in [5.41, 5.74) is 2.03. The van der Waals surface area contributed by atoms with E-state index < -0.39 is 23.6 Å². The Morgan fingerprint density at radius 1 is 1.00 bits per heavy atom. The van der Waals surface area contributed by atoms with Crippen LogP contribution in [-0.2, 0) is 11.3 Å². The second kappa shape index (κ2) is 10.7. The van der Waals surface area contributed by atoms with Crippen molar-refractivity contribution < 1.29 is 32.2 Å². The van der Waals surface area contributed by atoms with Gasteiger partial charge in [-0.1, -0.05) is 30.3 Å². The molecule has 1 amide bonds. The van der Waals surface area contributed by atoms with Crippen molar-refractivity contribution in [3.63, 3.8) is 0 Å². The third-order valence-corrected chi connectivity index (χ3v) is 5.75. The third-order valence-electron chi connectivity index (χ3n) is 5.75. The molecular weight excluding hydrogens is 437 g/mol. The number of alkyl carbamates (subject to hydrolysis) is 1. The molecule has 0 bridgehead atoms. The zero-order valence-corrected chi connectivity index (χ0v) is 18.5. The summed E-state index contributed by atoms with van der Waals surface area (Å²) >= 11 is 0. The molecule has 3 rings (SSSR count). The van der Waals surface area contributed by atoms with Crippen LogP contribution in [0.4, 0.5) is 18.0 Å². The van der Waals surface area contributed by atoms with Crippen LogP contribution in [0.3, 0.4) is 0 Å².